The Bertz CT molecular complexity index is 1750. The Labute approximate surface area is 279 Å². The second-order valence-corrected chi connectivity index (χ2v) is 13.8. The molecular formula is C33H39F5N6O3S. The number of nitrogens with zero attached hydrogens (tertiary/aromatic N) is 5. The molecule has 0 radical (unpaired) electrons. The van der Waals surface area contributed by atoms with Gasteiger partial charge in [0, 0.05) is 91.1 Å². The first-order chi connectivity index (χ1) is 22.9. The van der Waals surface area contributed by atoms with Gasteiger partial charge in [0.25, 0.3) is 0 Å². The smallest absolute Gasteiger partial charge is 0.417 e. The molecule has 0 spiro atoms. The molecule has 1 N–H and O–H groups in total. The molecule has 3 aliphatic rings. The number of hydrogen-bond donors (Lipinski definition) is 1. The van der Waals surface area contributed by atoms with Gasteiger partial charge in [-0.3, -0.25) is 9.47 Å². The SMILES string of the molecule is CCCCOC(=O)N1CC(C)N(c2nc(=O)n3c4c(c(-c5ccc(F)cc5F)c(C(F)(F)F)cc24)SC[C@@H]3CN2CCNCC2)CC1C. The van der Waals surface area contributed by atoms with E-state index in [1.165, 1.54) is 4.57 Å². The minimum atomic E-state index is -4.92. The Kier molecular flexibility index (Phi) is 9.92. The average Bonchev–Trinajstić information content (AvgIpc) is 3.04. The van der Waals surface area contributed by atoms with Crippen molar-refractivity contribution in [1.29, 1.82) is 0 Å². The number of carbonyl (C=O) groups is 1. The minimum Gasteiger partial charge on any atom is -0.449 e. The lowest BCUT2D eigenvalue weighted by Crippen LogP contribution is -2.59. The number of nitrogens with one attached hydrogen (secondary N) is 1. The van der Waals surface area contributed by atoms with Gasteiger partial charge in [0.2, 0.25) is 0 Å². The Balaban J connectivity index is 1.53. The average molecular weight is 695 g/mol. The Morgan fingerprint density at radius 3 is 2.54 bits per heavy atom. The maximum atomic E-state index is 15.3. The summed E-state index contributed by atoms with van der Waals surface area (Å²) >= 11 is 1.14. The molecule has 0 saturated carbocycles. The lowest BCUT2D eigenvalue weighted by Gasteiger charge is -2.44. The highest BCUT2D eigenvalue weighted by atomic mass is 32.2. The summed E-state index contributed by atoms with van der Waals surface area (Å²) < 4.78 is 81.1. The molecule has 3 aliphatic heterocycles. The molecule has 2 saturated heterocycles. The number of aromatic nitrogens is 2. The van der Waals surface area contributed by atoms with E-state index in [1.807, 2.05) is 20.8 Å². The van der Waals surface area contributed by atoms with Gasteiger partial charge in [0.05, 0.1) is 23.7 Å². The molecule has 1 aromatic heterocycles. The molecule has 15 heteroatoms. The number of ether oxygens (including phenoxy) is 1. The van der Waals surface area contributed by atoms with E-state index in [4.69, 9.17) is 4.74 Å². The van der Waals surface area contributed by atoms with E-state index < -0.39 is 64.4 Å². The van der Waals surface area contributed by atoms with Crippen molar-refractivity contribution in [3.8, 4) is 11.1 Å². The molecule has 9 nitrogen and oxygen atoms in total. The highest BCUT2D eigenvalue weighted by molar-refractivity contribution is 7.99. The molecular weight excluding hydrogens is 655 g/mol. The summed E-state index contributed by atoms with van der Waals surface area (Å²) in [5.41, 5.74) is -2.30. The van der Waals surface area contributed by atoms with Crippen LogP contribution in [-0.4, -0.2) is 95.7 Å². The van der Waals surface area contributed by atoms with Crippen molar-refractivity contribution in [1.82, 2.24) is 24.7 Å². The largest absolute Gasteiger partial charge is 0.449 e. The van der Waals surface area contributed by atoms with Crippen LogP contribution in [-0.2, 0) is 10.9 Å². The fourth-order valence-electron chi connectivity index (χ4n) is 6.88. The molecule has 48 heavy (non-hydrogen) atoms. The zero-order valence-corrected chi connectivity index (χ0v) is 27.9. The Morgan fingerprint density at radius 2 is 1.85 bits per heavy atom. The number of alkyl halides is 3. The van der Waals surface area contributed by atoms with Crippen LogP contribution in [0.3, 0.4) is 0 Å². The molecule has 260 valence electrons. The summed E-state index contributed by atoms with van der Waals surface area (Å²) in [5.74, 6) is -1.71. The van der Waals surface area contributed by atoms with Gasteiger partial charge in [-0.15, -0.1) is 11.8 Å². The molecule has 3 atom stereocenters. The van der Waals surface area contributed by atoms with Crippen molar-refractivity contribution in [3.63, 3.8) is 0 Å². The van der Waals surface area contributed by atoms with Crippen LogP contribution in [0.5, 0.6) is 0 Å². The van der Waals surface area contributed by atoms with Crippen molar-refractivity contribution in [2.45, 2.75) is 62.8 Å². The van der Waals surface area contributed by atoms with Crippen LogP contribution in [0.15, 0.2) is 34.0 Å². The summed E-state index contributed by atoms with van der Waals surface area (Å²) in [4.78, 5) is 37.1. The van der Waals surface area contributed by atoms with E-state index in [2.05, 4.69) is 15.2 Å². The number of hydrogen-bond acceptors (Lipinski definition) is 8. The summed E-state index contributed by atoms with van der Waals surface area (Å²) in [6.07, 6.45) is -3.80. The first-order valence-electron chi connectivity index (χ1n) is 16.3. The molecule has 2 aromatic carbocycles. The van der Waals surface area contributed by atoms with Crippen LogP contribution in [0.2, 0.25) is 0 Å². The summed E-state index contributed by atoms with van der Waals surface area (Å²) in [6, 6.07) is 2.22. The normalized spacial score (nSPS) is 22.0. The molecule has 2 fully saturated rings. The van der Waals surface area contributed by atoms with Gasteiger partial charge in [-0.25, -0.2) is 18.4 Å². The van der Waals surface area contributed by atoms with E-state index in [1.54, 1.807) is 9.80 Å². The summed E-state index contributed by atoms with van der Waals surface area (Å²) in [7, 11) is 0. The highest BCUT2D eigenvalue weighted by Crippen LogP contribution is 2.50. The van der Waals surface area contributed by atoms with Crippen molar-refractivity contribution < 1.29 is 31.5 Å². The maximum absolute atomic E-state index is 15.3. The van der Waals surface area contributed by atoms with Crippen molar-refractivity contribution in [2.24, 2.45) is 0 Å². The van der Waals surface area contributed by atoms with Gasteiger partial charge in [0.15, 0.2) is 0 Å². The number of anilines is 1. The number of benzene rings is 2. The summed E-state index contributed by atoms with van der Waals surface area (Å²) in [6.45, 7) is 9.83. The predicted octanol–water partition coefficient (Wildman–Crippen LogP) is 5.75. The van der Waals surface area contributed by atoms with Crippen LogP contribution in [0, 0.1) is 11.6 Å². The molecule has 4 heterocycles. The standard InChI is InChI=1S/C33H39F5N6O3S/c1-4-5-12-47-32(46)43-16-19(2)42(15-20(43)3)30-24-14-25(33(36,37)38)27(23-7-6-21(34)13-26(23)35)29-28(24)44(31(45)40-30)22(18-48-29)17-41-10-8-39-9-11-41/h6-7,13-14,19-20,22,39H,4-5,8-12,15-18H2,1-3H3/t19?,20?,22-/m0/s1. The molecule has 6 rings (SSSR count). The van der Waals surface area contributed by atoms with Crippen LogP contribution in [0.25, 0.3) is 22.0 Å². The number of unbranched alkanes of at least 4 members (excludes halogenated alkanes) is 1. The monoisotopic (exact) mass is 694 g/mol. The van der Waals surface area contributed by atoms with Gasteiger partial charge in [-0.2, -0.15) is 18.2 Å². The number of halogens is 5. The van der Waals surface area contributed by atoms with Crippen LogP contribution in [0.1, 0.15) is 45.2 Å². The summed E-state index contributed by atoms with van der Waals surface area (Å²) in [5, 5.41) is 3.40. The van der Waals surface area contributed by atoms with E-state index in [0.717, 1.165) is 69.0 Å². The fraction of sp³-hybridized carbons (Fsp3) is 0.545. The fourth-order valence-corrected chi connectivity index (χ4v) is 8.21. The van der Waals surface area contributed by atoms with Crippen LogP contribution in [0.4, 0.5) is 32.6 Å². The Hall–Kier alpha value is -3.43. The topological polar surface area (TPSA) is 82.9 Å². The number of rotatable bonds is 7. The minimum absolute atomic E-state index is 0.0749. The highest BCUT2D eigenvalue weighted by Gasteiger charge is 2.41. The second kappa shape index (κ2) is 13.8. The lowest BCUT2D eigenvalue weighted by atomic mass is 9.95. The predicted molar refractivity (Wildman–Crippen MR) is 175 cm³/mol. The number of carbonyl (C=O) groups excluding carboxylic acids is 1. The molecule has 0 bridgehead atoms. The zero-order chi connectivity index (χ0) is 34.3. The first kappa shape index (κ1) is 34.4. The van der Waals surface area contributed by atoms with Gasteiger partial charge in [-0.1, -0.05) is 13.3 Å². The maximum Gasteiger partial charge on any atom is 0.417 e. The Morgan fingerprint density at radius 1 is 1.10 bits per heavy atom. The number of thioether (sulfide) groups is 1. The van der Waals surface area contributed by atoms with E-state index in [0.29, 0.717) is 12.6 Å². The third-order valence-corrected chi connectivity index (χ3v) is 10.6. The zero-order valence-electron chi connectivity index (χ0n) is 27.1. The first-order valence-corrected chi connectivity index (χ1v) is 17.3. The van der Waals surface area contributed by atoms with Crippen molar-refractivity contribution in [3.05, 3.63) is 51.9 Å². The third-order valence-electron chi connectivity index (χ3n) is 9.33. The molecule has 3 aromatic rings. The van der Waals surface area contributed by atoms with Crippen LogP contribution >= 0.6 is 11.8 Å². The third kappa shape index (κ3) is 6.60. The van der Waals surface area contributed by atoms with Crippen LogP contribution < -0.4 is 15.9 Å². The quantitative estimate of drug-likeness (QED) is 0.248. The van der Waals surface area contributed by atoms with E-state index in [-0.39, 0.29) is 47.1 Å². The molecule has 2 unspecified atom stereocenters. The van der Waals surface area contributed by atoms with E-state index in [9.17, 15) is 27.2 Å². The lowest BCUT2D eigenvalue weighted by molar-refractivity contribution is -0.137. The number of piperazine rings is 2. The second-order valence-electron chi connectivity index (χ2n) is 12.7. The van der Waals surface area contributed by atoms with Gasteiger partial charge < -0.3 is 19.9 Å². The van der Waals surface area contributed by atoms with E-state index >= 15 is 4.39 Å². The van der Waals surface area contributed by atoms with Gasteiger partial charge in [0.1, 0.15) is 17.5 Å². The van der Waals surface area contributed by atoms with Gasteiger partial charge in [-0.05, 0) is 38.5 Å². The van der Waals surface area contributed by atoms with Crippen molar-refractivity contribution in [2.75, 3.05) is 63.1 Å². The molecule has 0 aliphatic carbocycles. The van der Waals surface area contributed by atoms with Gasteiger partial charge >= 0.3 is 18.0 Å². The number of amides is 1. The molecule has 1 amide bonds. The van der Waals surface area contributed by atoms with Crippen molar-refractivity contribution >= 4 is 34.6 Å².